The van der Waals surface area contributed by atoms with Gasteiger partial charge in [0.1, 0.15) is 0 Å². The van der Waals surface area contributed by atoms with Gasteiger partial charge in [0, 0.05) is 35.9 Å². The molecule has 33 heavy (non-hydrogen) atoms. The first-order chi connectivity index (χ1) is 14.9. The van der Waals surface area contributed by atoms with Gasteiger partial charge in [-0.2, -0.15) is 0 Å². The molecule has 0 fully saturated rings. The number of aliphatic imine (C=N–C) groups is 2. The van der Waals surface area contributed by atoms with Crippen LogP contribution in [0.4, 0.5) is 0 Å². The summed E-state index contributed by atoms with van der Waals surface area (Å²) in [6, 6.07) is 33.4. The third-order valence-electron chi connectivity index (χ3n) is 3.89. The first kappa shape index (κ1) is 30.5. The molecule has 0 bridgehead atoms. The average Bonchev–Trinajstić information content (AvgIpc) is 2.82. The van der Waals surface area contributed by atoms with Crippen LogP contribution in [0.1, 0.15) is 22.5 Å². The molecule has 0 aliphatic heterocycles. The summed E-state index contributed by atoms with van der Waals surface area (Å²) in [7, 11) is 0. The van der Waals surface area contributed by atoms with E-state index in [9.17, 15) is 0 Å². The van der Waals surface area contributed by atoms with Gasteiger partial charge in [-0.05, 0) is 36.4 Å². The van der Waals surface area contributed by atoms with E-state index >= 15 is 0 Å². The van der Waals surface area contributed by atoms with Crippen molar-refractivity contribution in [1.82, 2.24) is 9.97 Å². The minimum absolute atomic E-state index is 0. The largest absolute Gasteiger partial charge is 2.00 e. The summed E-state index contributed by atoms with van der Waals surface area (Å²) in [5.74, 6) is 0. The Morgan fingerprint density at radius 1 is 0.606 bits per heavy atom. The molecule has 4 rings (SSSR count). The number of aromatic nitrogens is 2. The van der Waals surface area contributed by atoms with Gasteiger partial charge in [0.15, 0.2) is 0 Å². The third kappa shape index (κ3) is 12.9. The minimum atomic E-state index is 0. The summed E-state index contributed by atoms with van der Waals surface area (Å²) < 4.78 is 0. The molecule has 0 saturated heterocycles. The monoisotopic (exact) mass is 580 g/mol. The van der Waals surface area contributed by atoms with Gasteiger partial charge in [-0.25, -0.2) is 0 Å². The van der Waals surface area contributed by atoms with Gasteiger partial charge in [0.05, 0.1) is 24.5 Å². The third-order valence-corrected chi connectivity index (χ3v) is 3.89. The summed E-state index contributed by atoms with van der Waals surface area (Å²) in [4.78, 5) is 17.0. The number of nitrogens with zero attached hydrogens (tertiary/aromatic N) is 4. The zero-order chi connectivity index (χ0) is 20.7. The van der Waals surface area contributed by atoms with Crippen molar-refractivity contribution in [3.05, 3.63) is 132 Å². The molecule has 0 unspecified atom stereocenters. The van der Waals surface area contributed by atoms with Crippen molar-refractivity contribution in [3.8, 4) is 0 Å². The number of rotatable bonds is 6. The molecule has 7 heteroatoms. The molecular formula is C26H22Cl2N4Sn. The summed E-state index contributed by atoms with van der Waals surface area (Å²) >= 11 is 0. The number of hydrogen-bond acceptors (Lipinski definition) is 4. The maximum Gasteiger partial charge on any atom is 2.00 e. The van der Waals surface area contributed by atoms with Crippen molar-refractivity contribution in [2.75, 3.05) is 0 Å². The molecule has 4 radical (unpaired) electrons. The Morgan fingerprint density at radius 2 is 1.03 bits per heavy atom. The van der Waals surface area contributed by atoms with Gasteiger partial charge in [-0.3, -0.25) is 20.0 Å². The van der Waals surface area contributed by atoms with Crippen LogP contribution in [0.5, 0.6) is 0 Å². The van der Waals surface area contributed by atoms with Gasteiger partial charge in [-0.15, -0.1) is 0 Å². The van der Waals surface area contributed by atoms with Gasteiger partial charge in [0.2, 0.25) is 0 Å². The number of pyridine rings is 2. The van der Waals surface area contributed by atoms with E-state index in [0.717, 1.165) is 22.5 Å². The van der Waals surface area contributed by atoms with Crippen LogP contribution in [0.25, 0.3) is 0 Å². The van der Waals surface area contributed by atoms with Crippen LogP contribution in [0, 0.1) is 12.1 Å². The minimum Gasteiger partial charge on any atom is -1.00 e. The van der Waals surface area contributed by atoms with Gasteiger partial charge in [-0.1, -0.05) is 60.7 Å². The fourth-order valence-corrected chi connectivity index (χ4v) is 2.43. The molecule has 2 aromatic carbocycles. The first-order valence-electron chi connectivity index (χ1n) is 9.63. The Morgan fingerprint density at radius 3 is 1.36 bits per heavy atom. The predicted octanol–water partition coefficient (Wildman–Crippen LogP) is -1.37. The summed E-state index contributed by atoms with van der Waals surface area (Å²) in [6.45, 7) is 1.23. The number of benzene rings is 2. The molecule has 0 spiro atoms. The Labute approximate surface area is 225 Å². The van der Waals surface area contributed by atoms with Crippen LogP contribution in [-0.4, -0.2) is 46.3 Å². The van der Waals surface area contributed by atoms with E-state index in [1.165, 1.54) is 0 Å². The molecule has 0 amide bonds. The maximum absolute atomic E-state index is 4.29. The molecule has 0 saturated carbocycles. The molecule has 0 N–H and O–H groups in total. The van der Waals surface area contributed by atoms with Crippen LogP contribution in [0.3, 0.4) is 0 Å². The van der Waals surface area contributed by atoms with Crippen LogP contribution < -0.4 is 24.8 Å². The van der Waals surface area contributed by atoms with Gasteiger partial charge < -0.3 is 24.8 Å². The topological polar surface area (TPSA) is 50.5 Å². The van der Waals surface area contributed by atoms with E-state index in [-0.39, 0.29) is 48.7 Å². The van der Waals surface area contributed by atoms with Crippen LogP contribution in [-0.2, 0) is 13.1 Å². The Balaban J connectivity index is 0.000000569. The van der Waals surface area contributed by atoms with Crippen molar-refractivity contribution < 1.29 is 24.8 Å². The zero-order valence-corrected chi connectivity index (χ0v) is 22.2. The number of hydrogen-bond donors (Lipinski definition) is 0. The van der Waals surface area contributed by atoms with Crippen molar-refractivity contribution in [2.45, 2.75) is 13.1 Å². The van der Waals surface area contributed by atoms with E-state index in [4.69, 9.17) is 0 Å². The Hall–Kier alpha value is -2.54. The molecule has 0 aliphatic rings. The summed E-state index contributed by atoms with van der Waals surface area (Å²) in [6.07, 6.45) is 7.18. The second-order valence-electron chi connectivity index (χ2n) is 6.22. The van der Waals surface area contributed by atoms with E-state index in [2.05, 4.69) is 32.1 Å². The van der Waals surface area contributed by atoms with Crippen molar-refractivity contribution in [3.63, 3.8) is 0 Å². The Kier molecular flexibility index (Phi) is 17.5. The molecular weight excluding hydrogens is 558 g/mol. The van der Waals surface area contributed by atoms with Crippen molar-refractivity contribution in [2.24, 2.45) is 9.98 Å². The number of halogens is 2. The normalized spacial score (nSPS) is 9.70. The molecule has 0 aliphatic carbocycles. The molecule has 4 aromatic rings. The van der Waals surface area contributed by atoms with Crippen LogP contribution in [0.15, 0.2) is 107 Å². The van der Waals surface area contributed by atoms with Gasteiger partial charge >= 0.3 is 23.9 Å². The molecule has 4 nitrogen and oxygen atoms in total. The Bertz CT molecular complexity index is 946. The molecule has 2 aromatic heterocycles. The standard InChI is InChI=1S/2C13H11N2.2ClH.Sn/c2*1-2-6-12(7-3-1)10-14-11-13-8-4-5-9-15-13;;;/h2*1-6,8-10H,11H2;2*1H;/q;;;;+2/p-2. The first-order valence-corrected chi connectivity index (χ1v) is 9.63. The fraction of sp³-hybridized carbons (Fsp3) is 0.0769. The van der Waals surface area contributed by atoms with Crippen LogP contribution in [0.2, 0.25) is 0 Å². The van der Waals surface area contributed by atoms with E-state index in [1.54, 1.807) is 12.4 Å². The molecule has 164 valence electrons. The second-order valence-corrected chi connectivity index (χ2v) is 6.22. The van der Waals surface area contributed by atoms with E-state index in [0.29, 0.717) is 13.1 Å². The summed E-state index contributed by atoms with van der Waals surface area (Å²) in [5.41, 5.74) is 3.94. The van der Waals surface area contributed by atoms with E-state index < -0.39 is 0 Å². The van der Waals surface area contributed by atoms with Gasteiger partial charge in [0.25, 0.3) is 0 Å². The zero-order valence-electron chi connectivity index (χ0n) is 17.9. The fourth-order valence-electron chi connectivity index (χ4n) is 2.43. The molecule has 0 atom stereocenters. The molecule has 2 heterocycles. The van der Waals surface area contributed by atoms with Crippen LogP contribution >= 0.6 is 0 Å². The van der Waals surface area contributed by atoms with E-state index in [1.807, 2.05) is 97.4 Å². The smallest absolute Gasteiger partial charge is 1.00 e. The van der Waals surface area contributed by atoms with Crippen molar-refractivity contribution in [1.29, 1.82) is 0 Å². The average molecular weight is 580 g/mol. The van der Waals surface area contributed by atoms with Crippen molar-refractivity contribution >= 4 is 36.3 Å². The SMILES string of the molecule is [Cl-].[Cl-].[Sn+2].[c]1ccccc1C=NCc1ccccn1.[c]1ccccc1C=NCc1ccccn1. The second kappa shape index (κ2) is 19.0. The predicted molar refractivity (Wildman–Crippen MR) is 127 cm³/mol. The quantitative estimate of drug-likeness (QED) is 0.209. The maximum atomic E-state index is 4.29. The summed E-state index contributed by atoms with van der Waals surface area (Å²) in [5, 5.41) is 0.